The van der Waals surface area contributed by atoms with Crippen molar-refractivity contribution in [3.05, 3.63) is 35.4 Å². The first-order chi connectivity index (χ1) is 7.24. The molecule has 0 bridgehead atoms. The molecule has 0 aliphatic carbocycles. The van der Waals surface area contributed by atoms with Crippen molar-refractivity contribution in [3.8, 4) is 0 Å². The predicted molar refractivity (Wildman–Crippen MR) is 67.1 cm³/mol. The van der Waals surface area contributed by atoms with E-state index in [1.54, 1.807) is 11.8 Å². The number of hydrogen-bond donors (Lipinski definition) is 2. The fourth-order valence-corrected chi connectivity index (χ4v) is 2.23. The van der Waals surface area contributed by atoms with Gasteiger partial charge >= 0.3 is 0 Å². The van der Waals surface area contributed by atoms with Gasteiger partial charge in [-0.2, -0.15) is 11.8 Å². The van der Waals surface area contributed by atoms with E-state index in [1.807, 2.05) is 0 Å². The van der Waals surface area contributed by atoms with Crippen LogP contribution in [-0.2, 0) is 0 Å². The number of aliphatic hydroxyl groups is 1. The van der Waals surface area contributed by atoms with Gasteiger partial charge in [0.25, 0.3) is 0 Å². The van der Waals surface area contributed by atoms with E-state index in [-0.39, 0.29) is 12.6 Å². The predicted octanol–water partition coefficient (Wildman–Crippen LogP) is 2.11. The SMILES string of the molecule is Cc1ccc(C(N)CSCCCO)cc1. The molecule has 0 spiro atoms. The summed E-state index contributed by atoms with van der Waals surface area (Å²) in [7, 11) is 0. The van der Waals surface area contributed by atoms with E-state index in [1.165, 1.54) is 11.1 Å². The van der Waals surface area contributed by atoms with E-state index in [9.17, 15) is 0 Å². The van der Waals surface area contributed by atoms with Crippen LogP contribution in [0.2, 0.25) is 0 Å². The molecule has 2 nitrogen and oxygen atoms in total. The lowest BCUT2D eigenvalue weighted by molar-refractivity contribution is 0.296. The normalized spacial score (nSPS) is 12.7. The maximum absolute atomic E-state index is 8.63. The molecule has 3 heteroatoms. The summed E-state index contributed by atoms with van der Waals surface area (Å²) in [5.41, 5.74) is 8.50. The van der Waals surface area contributed by atoms with Gasteiger partial charge < -0.3 is 10.8 Å². The number of rotatable bonds is 6. The average molecular weight is 225 g/mol. The Balaban J connectivity index is 2.33. The Morgan fingerprint density at radius 1 is 1.33 bits per heavy atom. The average Bonchev–Trinajstić information content (AvgIpc) is 2.25. The van der Waals surface area contributed by atoms with Gasteiger partial charge in [0.2, 0.25) is 0 Å². The van der Waals surface area contributed by atoms with Crippen molar-refractivity contribution in [1.29, 1.82) is 0 Å². The molecule has 15 heavy (non-hydrogen) atoms. The smallest absolute Gasteiger partial charge is 0.0438 e. The fraction of sp³-hybridized carbons (Fsp3) is 0.500. The minimum Gasteiger partial charge on any atom is -0.396 e. The lowest BCUT2D eigenvalue weighted by atomic mass is 10.1. The Labute approximate surface area is 95.9 Å². The third-order valence-electron chi connectivity index (χ3n) is 2.25. The van der Waals surface area contributed by atoms with Gasteiger partial charge in [-0.1, -0.05) is 29.8 Å². The summed E-state index contributed by atoms with van der Waals surface area (Å²) in [5.74, 6) is 1.90. The minimum absolute atomic E-state index is 0.106. The Morgan fingerprint density at radius 3 is 2.60 bits per heavy atom. The standard InChI is InChI=1S/C12H19NOS/c1-10-3-5-11(6-4-10)12(13)9-15-8-2-7-14/h3-6,12,14H,2,7-9,13H2,1H3. The van der Waals surface area contributed by atoms with Gasteiger partial charge in [0.15, 0.2) is 0 Å². The number of benzene rings is 1. The Bertz CT molecular complexity index is 273. The molecule has 84 valence electrons. The van der Waals surface area contributed by atoms with Gasteiger partial charge in [0, 0.05) is 18.4 Å². The molecule has 0 heterocycles. The lowest BCUT2D eigenvalue weighted by Gasteiger charge is -2.11. The lowest BCUT2D eigenvalue weighted by Crippen LogP contribution is -2.13. The van der Waals surface area contributed by atoms with Crippen LogP contribution in [0.15, 0.2) is 24.3 Å². The number of thioether (sulfide) groups is 1. The second-order valence-corrected chi connectivity index (χ2v) is 4.82. The topological polar surface area (TPSA) is 46.2 Å². The third-order valence-corrected chi connectivity index (χ3v) is 3.42. The van der Waals surface area contributed by atoms with Crippen molar-refractivity contribution < 1.29 is 5.11 Å². The van der Waals surface area contributed by atoms with Crippen molar-refractivity contribution in [1.82, 2.24) is 0 Å². The van der Waals surface area contributed by atoms with Gasteiger partial charge in [-0.05, 0) is 24.7 Å². The Hall–Kier alpha value is -0.510. The molecule has 1 aromatic rings. The second-order valence-electron chi connectivity index (χ2n) is 3.67. The molecule has 3 N–H and O–H groups in total. The van der Waals surface area contributed by atoms with Crippen molar-refractivity contribution >= 4 is 11.8 Å². The van der Waals surface area contributed by atoms with Crippen molar-refractivity contribution in [3.63, 3.8) is 0 Å². The van der Waals surface area contributed by atoms with Crippen LogP contribution >= 0.6 is 11.8 Å². The van der Waals surface area contributed by atoms with Crippen molar-refractivity contribution in [2.75, 3.05) is 18.1 Å². The maximum atomic E-state index is 8.63. The van der Waals surface area contributed by atoms with E-state index in [0.717, 1.165) is 17.9 Å². The zero-order chi connectivity index (χ0) is 11.1. The van der Waals surface area contributed by atoms with Crippen LogP contribution in [0.25, 0.3) is 0 Å². The van der Waals surface area contributed by atoms with E-state index in [4.69, 9.17) is 10.8 Å². The Kier molecular flexibility index (Phi) is 5.76. The molecule has 0 aliphatic rings. The molecule has 0 radical (unpaired) electrons. The minimum atomic E-state index is 0.106. The molecule has 0 saturated heterocycles. The maximum Gasteiger partial charge on any atom is 0.0438 e. The summed E-state index contributed by atoms with van der Waals surface area (Å²) >= 11 is 1.80. The monoisotopic (exact) mass is 225 g/mol. The molecule has 1 rings (SSSR count). The molecule has 0 aromatic heterocycles. The van der Waals surface area contributed by atoms with Crippen LogP contribution < -0.4 is 5.73 Å². The summed E-state index contributed by atoms with van der Waals surface area (Å²) in [6.07, 6.45) is 0.852. The summed E-state index contributed by atoms with van der Waals surface area (Å²) < 4.78 is 0. The van der Waals surface area contributed by atoms with Crippen LogP contribution in [0.3, 0.4) is 0 Å². The zero-order valence-electron chi connectivity index (χ0n) is 9.15. The van der Waals surface area contributed by atoms with Gasteiger partial charge in [-0.25, -0.2) is 0 Å². The van der Waals surface area contributed by atoms with E-state index in [2.05, 4.69) is 31.2 Å². The second kappa shape index (κ2) is 6.88. The Morgan fingerprint density at radius 2 is 2.00 bits per heavy atom. The molecule has 1 aromatic carbocycles. The highest BCUT2D eigenvalue weighted by molar-refractivity contribution is 7.99. The van der Waals surface area contributed by atoms with Crippen LogP contribution in [-0.4, -0.2) is 23.2 Å². The number of nitrogens with two attached hydrogens (primary N) is 1. The molecular formula is C12H19NOS. The van der Waals surface area contributed by atoms with Crippen LogP contribution in [0, 0.1) is 6.92 Å². The van der Waals surface area contributed by atoms with Crippen LogP contribution in [0.5, 0.6) is 0 Å². The molecule has 0 saturated carbocycles. The summed E-state index contributed by atoms with van der Waals surface area (Å²) in [6.45, 7) is 2.35. The van der Waals surface area contributed by atoms with Gasteiger partial charge in [-0.15, -0.1) is 0 Å². The zero-order valence-corrected chi connectivity index (χ0v) is 9.96. The molecule has 0 aliphatic heterocycles. The summed E-state index contributed by atoms with van der Waals surface area (Å²) in [4.78, 5) is 0. The molecule has 1 atom stereocenters. The molecular weight excluding hydrogens is 206 g/mol. The quantitative estimate of drug-likeness (QED) is 0.729. The highest BCUT2D eigenvalue weighted by Crippen LogP contribution is 2.16. The van der Waals surface area contributed by atoms with Crippen molar-refractivity contribution in [2.45, 2.75) is 19.4 Å². The highest BCUT2D eigenvalue weighted by Gasteiger charge is 2.04. The number of aliphatic hydroxyl groups excluding tert-OH is 1. The summed E-state index contributed by atoms with van der Waals surface area (Å²) in [6, 6.07) is 8.47. The van der Waals surface area contributed by atoms with E-state index in [0.29, 0.717) is 0 Å². The first-order valence-electron chi connectivity index (χ1n) is 5.25. The number of hydrogen-bond acceptors (Lipinski definition) is 3. The van der Waals surface area contributed by atoms with Crippen LogP contribution in [0.1, 0.15) is 23.6 Å². The highest BCUT2D eigenvalue weighted by atomic mass is 32.2. The first kappa shape index (κ1) is 12.6. The summed E-state index contributed by atoms with van der Waals surface area (Å²) in [5, 5.41) is 8.63. The largest absolute Gasteiger partial charge is 0.396 e. The van der Waals surface area contributed by atoms with Gasteiger partial charge in [0.1, 0.15) is 0 Å². The van der Waals surface area contributed by atoms with Crippen LogP contribution in [0.4, 0.5) is 0 Å². The fourth-order valence-electron chi connectivity index (χ4n) is 1.29. The van der Waals surface area contributed by atoms with E-state index < -0.39 is 0 Å². The van der Waals surface area contributed by atoms with Crippen molar-refractivity contribution in [2.24, 2.45) is 5.73 Å². The first-order valence-corrected chi connectivity index (χ1v) is 6.40. The van der Waals surface area contributed by atoms with Gasteiger partial charge in [0.05, 0.1) is 0 Å². The van der Waals surface area contributed by atoms with E-state index >= 15 is 0 Å². The van der Waals surface area contributed by atoms with Gasteiger partial charge in [-0.3, -0.25) is 0 Å². The molecule has 0 fully saturated rings. The molecule has 1 unspecified atom stereocenters. The number of aryl methyl sites for hydroxylation is 1. The molecule has 0 amide bonds. The third kappa shape index (κ3) is 4.69.